The average Bonchev–Trinajstić information content (AvgIpc) is 2.64. The SMILES string of the molecule is CSC1OC1C(C)CS. The van der Waals surface area contributed by atoms with E-state index in [1.165, 1.54) is 0 Å². The van der Waals surface area contributed by atoms with Crippen LogP contribution in [0.2, 0.25) is 0 Å². The Balaban J connectivity index is 2.17. The summed E-state index contributed by atoms with van der Waals surface area (Å²) in [6.07, 6.45) is 2.56. The number of thioether (sulfide) groups is 1. The van der Waals surface area contributed by atoms with Crippen LogP contribution in [0.3, 0.4) is 0 Å². The third kappa shape index (κ3) is 1.79. The summed E-state index contributed by atoms with van der Waals surface area (Å²) in [5.74, 6) is 1.55. The van der Waals surface area contributed by atoms with Gasteiger partial charge in [-0.2, -0.15) is 12.6 Å². The molecule has 0 N–H and O–H groups in total. The fourth-order valence-electron chi connectivity index (χ4n) is 0.805. The van der Waals surface area contributed by atoms with Crippen LogP contribution in [-0.4, -0.2) is 23.5 Å². The summed E-state index contributed by atoms with van der Waals surface area (Å²) >= 11 is 5.97. The van der Waals surface area contributed by atoms with Gasteiger partial charge in [0, 0.05) is 0 Å². The van der Waals surface area contributed by atoms with Crippen molar-refractivity contribution in [2.75, 3.05) is 12.0 Å². The summed E-state index contributed by atoms with van der Waals surface area (Å²) in [6, 6.07) is 0. The van der Waals surface area contributed by atoms with Gasteiger partial charge in [0.1, 0.15) is 5.44 Å². The molecule has 0 saturated carbocycles. The van der Waals surface area contributed by atoms with Crippen molar-refractivity contribution in [2.24, 2.45) is 5.92 Å². The van der Waals surface area contributed by atoms with Crippen molar-refractivity contribution in [3.63, 3.8) is 0 Å². The first-order chi connectivity index (χ1) is 4.29. The molecule has 0 aromatic rings. The van der Waals surface area contributed by atoms with Gasteiger partial charge in [0.15, 0.2) is 0 Å². The number of ether oxygens (including phenoxy) is 1. The molecule has 0 radical (unpaired) electrons. The molecule has 0 bridgehead atoms. The number of rotatable bonds is 3. The maximum atomic E-state index is 5.33. The molecular weight excluding hydrogens is 152 g/mol. The van der Waals surface area contributed by atoms with Crippen LogP contribution in [0.15, 0.2) is 0 Å². The molecule has 3 atom stereocenters. The smallest absolute Gasteiger partial charge is 0.130 e. The average molecular weight is 164 g/mol. The first-order valence-corrected chi connectivity index (χ1v) is 5.00. The highest BCUT2D eigenvalue weighted by Crippen LogP contribution is 2.36. The Kier molecular flexibility index (Phi) is 2.73. The van der Waals surface area contributed by atoms with E-state index in [9.17, 15) is 0 Å². The lowest BCUT2D eigenvalue weighted by Gasteiger charge is -1.99. The Morgan fingerprint density at radius 2 is 2.44 bits per heavy atom. The van der Waals surface area contributed by atoms with Crippen LogP contribution in [-0.2, 0) is 4.74 Å². The maximum absolute atomic E-state index is 5.33. The van der Waals surface area contributed by atoms with E-state index >= 15 is 0 Å². The molecule has 0 aromatic carbocycles. The zero-order valence-corrected chi connectivity index (χ0v) is 7.41. The van der Waals surface area contributed by atoms with Crippen molar-refractivity contribution < 1.29 is 4.74 Å². The molecule has 1 aliphatic heterocycles. The number of thiol groups is 1. The summed E-state index contributed by atoms with van der Waals surface area (Å²) < 4.78 is 5.33. The molecule has 1 heterocycles. The van der Waals surface area contributed by atoms with Crippen LogP contribution in [0.1, 0.15) is 6.92 Å². The van der Waals surface area contributed by atoms with Crippen LogP contribution in [0.4, 0.5) is 0 Å². The molecule has 3 unspecified atom stereocenters. The number of epoxide rings is 1. The Hall–Kier alpha value is 0.660. The fraction of sp³-hybridized carbons (Fsp3) is 1.00. The number of hydrogen-bond donors (Lipinski definition) is 1. The van der Waals surface area contributed by atoms with Crippen molar-refractivity contribution in [2.45, 2.75) is 18.5 Å². The summed E-state index contributed by atoms with van der Waals surface area (Å²) in [7, 11) is 0. The predicted octanol–water partition coefficient (Wildman–Crippen LogP) is 1.64. The third-order valence-electron chi connectivity index (χ3n) is 1.56. The van der Waals surface area contributed by atoms with E-state index in [4.69, 9.17) is 4.74 Å². The highest BCUT2D eigenvalue weighted by molar-refractivity contribution is 7.99. The van der Waals surface area contributed by atoms with Gasteiger partial charge in [0.2, 0.25) is 0 Å². The minimum absolute atomic E-state index is 0.465. The predicted molar refractivity (Wildman–Crippen MR) is 45.2 cm³/mol. The monoisotopic (exact) mass is 164 g/mol. The van der Waals surface area contributed by atoms with Crippen LogP contribution in [0, 0.1) is 5.92 Å². The van der Waals surface area contributed by atoms with Crippen molar-refractivity contribution in [3.8, 4) is 0 Å². The second-order valence-electron chi connectivity index (χ2n) is 2.36. The molecule has 3 heteroatoms. The van der Waals surface area contributed by atoms with E-state index in [-0.39, 0.29) is 0 Å². The van der Waals surface area contributed by atoms with Gasteiger partial charge >= 0.3 is 0 Å². The molecule has 0 amide bonds. The Morgan fingerprint density at radius 1 is 1.78 bits per heavy atom. The second-order valence-corrected chi connectivity index (χ2v) is 3.67. The summed E-state index contributed by atoms with van der Waals surface area (Å²) in [4.78, 5) is 0. The molecule has 1 saturated heterocycles. The standard InChI is InChI=1S/C6H12OS2/c1-4(3-8)5-6(7-5)9-2/h4-6,8H,3H2,1-2H3. The van der Waals surface area contributed by atoms with E-state index in [0.29, 0.717) is 17.5 Å². The molecule has 1 aliphatic rings. The first kappa shape index (κ1) is 7.76. The Labute approximate surface area is 65.9 Å². The van der Waals surface area contributed by atoms with Gasteiger partial charge < -0.3 is 4.74 Å². The molecule has 9 heavy (non-hydrogen) atoms. The van der Waals surface area contributed by atoms with Crippen LogP contribution in [0.25, 0.3) is 0 Å². The largest absolute Gasteiger partial charge is 0.358 e. The Bertz CT molecular complexity index is 97.1. The molecule has 0 aliphatic carbocycles. The molecule has 0 spiro atoms. The molecule has 1 fully saturated rings. The van der Waals surface area contributed by atoms with E-state index in [0.717, 1.165) is 5.75 Å². The highest BCUT2D eigenvalue weighted by Gasteiger charge is 2.41. The molecule has 0 aromatic heterocycles. The van der Waals surface area contributed by atoms with Crippen molar-refractivity contribution in [1.29, 1.82) is 0 Å². The third-order valence-corrected chi connectivity index (χ3v) is 2.98. The van der Waals surface area contributed by atoms with Crippen LogP contribution >= 0.6 is 24.4 Å². The van der Waals surface area contributed by atoms with Gasteiger partial charge in [-0.15, -0.1) is 11.8 Å². The van der Waals surface area contributed by atoms with Gasteiger partial charge in [-0.05, 0) is 17.9 Å². The zero-order valence-electron chi connectivity index (χ0n) is 5.70. The normalized spacial score (nSPS) is 36.3. The minimum Gasteiger partial charge on any atom is -0.358 e. The van der Waals surface area contributed by atoms with E-state index in [1.807, 2.05) is 0 Å². The minimum atomic E-state index is 0.465. The first-order valence-electron chi connectivity index (χ1n) is 3.08. The molecule has 1 rings (SSSR count). The van der Waals surface area contributed by atoms with Gasteiger partial charge in [-0.25, -0.2) is 0 Å². The van der Waals surface area contributed by atoms with Crippen LogP contribution in [0.5, 0.6) is 0 Å². The quantitative estimate of drug-likeness (QED) is 0.503. The van der Waals surface area contributed by atoms with E-state index < -0.39 is 0 Å². The van der Waals surface area contributed by atoms with Gasteiger partial charge in [-0.1, -0.05) is 6.92 Å². The summed E-state index contributed by atoms with van der Waals surface area (Å²) in [5, 5.41) is 0. The zero-order chi connectivity index (χ0) is 6.85. The van der Waals surface area contributed by atoms with Gasteiger partial charge in [-0.3, -0.25) is 0 Å². The van der Waals surface area contributed by atoms with Crippen molar-refractivity contribution >= 4 is 24.4 Å². The topological polar surface area (TPSA) is 12.5 Å². The highest BCUT2D eigenvalue weighted by atomic mass is 32.2. The summed E-state index contributed by atoms with van der Waals surface area (Å²) in [5.41, 5.74) is 0.465. The maximum Gasteiger partial charge on any atom is 0.130 e. The number of hydrogen-bond acceptors (Lipinski definition) is 3. The van der Waals surface area contributed by atoms with E-state index in [1.54, 1.807) is 11.8 Å². The molecule has 1 nitrogen and oxygen atoms in total. The van der Waals surface area contributed by atoms with Crippen LogP contribution < -0.4 is 0 Å². The molecular formula is C6H12OS2. The van der Waals surface area contributed by atoms with E-state index in [2.05, 4.69) is 25.8 Å². The lowest BCUT2D eigenvalue weighted by molar-refractivity contribution is 0.354. The van der Waals surface area contributed by atoms with Gasteiger partial charge in [0.25, 0.3) is 0 Å². The summed E-state index contributed by atoms with van der Waals surface area (Å²) in [6.45, 7) is 2.17. The molecule has 54 valence electrons. The van der Waals surface area contributed by atoms with Gasteiger partial charge in [0.05, 0.1) is 6.10 Å². The van der Waals surface area contributed by atoms with Crippen molar-refractivity contribution in [3.05, 3.63) is 0 Å². The fourth-order valence-corrected chi connectivity index (χ4v) is 1.79. The second kappa shape index (κ2) is 3.17. The van der Waals surface area contributed by atoms with Crippen molar-refractivity contribution in [1.82, 2.24) is 0 Å². The lowest BCUT2D eigenvalue weighted by Crippen LogP contribution is -2.06. The Morgan fingerprint density at radius 3 is 2.78 bits per heavy atom. The lowest BCUT2D eigenvalue weighted by atomic mass is 10.1.